The maximum absolute atomic E-state index is 12.6. The van der Waals surface area contributed by atoms with E-state index in [1.165, 1.54) is 11.8 Å². The minimum atomic E-state index is -0.289. The van der Waals surface area contributed by atoms with E-state index >= 15 is 0 Å². The maximum atomic E-state index is 12.6. The Morgan fingerprint density at radius 2 is 1.85 bits per heavy atom. The minimum absolute atomic E-state index is 0.0816. The lowest BCUT2D eigenvalue weighted by Crippen LogP contribution is -2.25. The molecule has 0 aliphatic rings. The Balaban J connectivity index is 1.73. The molecule has 6 nitrogen and oxygen atoms in total. The van der Waals surface area contributed by atoms with E-state index in [0.717, 1.165) is 11.4 Å². The second kappa shape index (κ2) is 8.45. The number of amides is 1. The summed E-state index contributed by atoms with van der Waals surface area (Å²) < 4.78 is 1.88. The summed E-state index contributed by atoms with van der Waals surface area (Å²) in [7, 11) is 1.89. The first-order valence-electron chi connectivity index (χ1n) is 8.46. The van der Waals surface area contributed by atoms with Crippen molar-refractivity contribution < 1.29 is 4.79 Å². The lowest BCUT2D eigenvalue weighted by atomic mass is 10.2. The number of nitrogens with one attached hydrogen (secondary N) is 1. The number of thioether (sulfide) groups is 1. The summed E-state index contributed by atoms with van der Waals surface area (Å²) in [5, 5.41) is 12.4. The van der Waals surface area contributed by atoms with Crippen LogP contribution in [0.25, 0.3) is 11.4 Å². The number of nitrogen functional groups attached to an aromatic ring is 1. The number of nitrogens with zero attached hydrogens (tertiary/aromatic N) is 3. The normalized spacial score (nSPS) is 12.0. The quantitative estimate of drug-likeness (QED) is 0.477. The van der Waals surface area contributed by atoms with E-state index in [-0.39, 0.29) is 11.2 Å². The van der Waals surface area contributed by atoms with Crippen molar-refractivity contribution in [3.05, 3.63) is 53.6 Å². The number of nitrogens with two attached hydrogens (primary N) is 1. The van der Waals surface area contributed by atoms with Crippen molar-refractivity contribution in [3.63, 3.8) is 0 Å². The highest BCUT2D eigenvalue weighted by atomic mass is 35.5. The van der Waals surface area contributed by atoms with Crippen molar-refractivity contribution in [1.82, 2.24) is 14.8 Å². The van der Waals surface area contributed by atoms with Gasteiger partial charge >= 0.3 is 0 Å². The van der Waals surface area contributed by atoms with Crippen LogP contribution in [0.1, 0.15) is 13.3 Å². The Morgan fingerprint density at radius 3 is 2.48 bits per heavy atom. The highest BCUT2D eigenvalue weighted by Crippen LogP contribution is 2.28. The molecule has 1 heterocycles. The van der Waals surface area contributed by atoms with Gasteiger partial charge in [-0.25, -0.2) is 0 Å². The lowest BCUT2D eigenvalue weighted by Gasteiger charge is -2.14. The molecule has 3 N–H and O–H groups in total. The zero-order valence-electron chi connectivity index (χ0n) is 15.0. The molecule has 8 heteroatoms. The fraction of sp³-hybridized carbons (Fsp3) is 0.211. The van der Waals surface area contributed by atoms with Gasteiger partial charge in [0.2, 0.25) is 5.91 Å². The third-order valence-electron chi connectivity index (χ3n) is 4.03. The molecule has 0 fully saturated rings. The summed E-state index contributed by atoms with van der Waals surface area (Å²) >= 11 is 7.27. The van der Waals surface area contributed by atoms with Crippen LogP contribution in [0.5, 0.6) is 0 Å². The second-order valence-corrected chi connectivity index (χ2v) is 7.60. The van der Waals surface area contributed by atoms with Crippen LogP contribution >= 0.6 is 23.4 Å². The van der Waals surface area contributed by atoms with Crippen LogP contribution in [0, 0.1) is 0 Å². The summed E-state index contributed by atoms with van der Waals surface area (Å²) in [5.74, 6) is 0.646. The molecule has 1 amide bonds. The summed E-state index contributed by atoms with van der Waals surface area (Å²) in [6, 6.07) is 14.5. The molecule has 2 aromatic carbocycles. The lowest BCUT2D eigenvalue weighted by molar-refractivity contribution is -0.115. The Hall–Kier alpha value is -2.51. The molecule has 0 unspecified atom stereocenters. The average Bonchev–Trinajstić information content (AvgIpc) is 3.02. The predicted octanol–water partition coefficient (Wildman–Crippen LogP) is 4.23. The largest absolute Gasteiger partial charge is 0.399 e. The van der Waals surface area contributed by atoms with Gasteiger partial charge in [-0.1, -0.05) is 30.3 Å². The van der Waals surface area contributed by atoms with Crippen LogP contribution in [-0.2, 0) is 11.8 Å². The van der Waals surface area contributed by atoms with Crippen LogP contribution in [0.4, 0.5) is 11.4 Å². The number of benzene rings is 2. The van der Waals surface area contributed by atoms with E-state index in [1.54, 1.807) is 24.3 Å². The molecule has 0 saturated heterocycles. The Morgan fingerprint density at radius 1 is 1.19 bits per heavy atom. The fourth-order valence-corrected chi connectivity index (χ4v) is 3.55. The first-order valence-corrected chi connectivity index (χ1v) is 9.72. The maximum Gasteiger partial charge on any atom is 0.237 e. The zero-order chi connectivity index (χ0) is 19.4. The minimum Gasteiger partial charge on any atom is -0.399 e. The molecular weight excluding hydrogens is 382 g/mol. The third-order valence-corrected chi connectivity index (χ3v) is 5.68. The molecule has 1 aromatic heterocycles. The van der Waals surface area contributed by atoms with Crippen LogP contribution < -0.4 is 11.1 Å². The number of hydrogen-bond donors (Lipinski definition) is 2. The molecule has 3 rings (SSSR count). The van der Waals surface area contributed by atoms with Crippen LogP contribution in [0.2, 0.25) is 5.02 Å². The number of hydrogen-bond acceptors (Lipinski definition) is 5. The van der Waals surface area contributed by atoms with E-state index in [0.29, 0.717) is 28.0 Å². The van der Waals surface area contributed by atoms with E-state index in [9.17, 15) is 4.79 Å². The van der Waals surface area contributed by atoms with Crippen molar-refractivity contribution in [1.29, 1.82) is 0 Å². The highest BCUT2D eigenvalue weighted by molar-refractivity contribution is 8.00. The molecule has 27 heavy (non-hydrogen) atoms. The Labute approximate surface area is 167 Å². The number of anilines is 2. The zero-order valence-corrected chi connectivity index (χ0v) is 16.6. The van der Waals surface area contributed by atoms with Crippen LogP contribution in [-0.4, -0.2) is 25.9 Å². The van der Waals surface area contributed by atoms with Gasteiger partial charge in [-0.3, -0.25) is 4.79 Å². The van der Waals surface area contributed by atoms with Crippen molar-refractivity contribution >= 4 is 40.6 Å². The van der Waals surface area contributed by atoms with Crippen LogP contribution in [0.15, 0.2) is 53.7 Å². The predicted molar refractivity (Wildman–Crippen MR) is 111 cm³/mol. The second-order valence-electron chi connectivity index (χ2n) is 6.00. The molecule has 140 valence electrons. The number of rotatable bonds is 6. The third kappa shape index (κ3) is 4.61. The first-order chi connectivity index (χ1) is 13.0. The van der Waals surface area contributed by atoms with Gasteiger partial charge < -0.3 is 15.6 Å². The molecule has 0 radical (unpaired) electrons. The van der Waals surface area contributed by atoms with E-state index in [2.05, 4.69) is 15.5 Å². The molecule has 0 saturated carbocycles. The van der Waals surface area contributed by atoms with Gasteiger partial charge in [0, 0.05) is 29.0 Å². The highest BCUT2D eigenvalue weighted by Gasteiger charge is 2.22. The van der Waals surface area contributed by atoms with Gasteiger partial charge in [0.25, 0.3) is 0 Å². The average molecular weight is 402 g/mol. The van der Waals surface area contributed by atoms with Crippen molar-refractivity contribution in [2.24, 2.45) is 7.05 Å². The fourth-order valence-electron chi connectivity index (χ4n) is 2.51. The topological polar surface area (TPSA) is 85.8 Å². The molecule has 3 aromatic rings. The molecular formula is C19H20ClN5OS. The number of carbonyl (C=O) groups excluding carboxylic acids is 1. The molecule has 1 atom stereocenters. The van der Waals surface area contributed by atoms with Gasteiger partial charge in [0.15, 0.2) is 11.0 Å². The Kier molecular flexibility index (Phi) is 6.03. The van der Waals surface area contributed by atoms with Gasteiger partial charge in [-0.05, 0) is 55.0 Å². The summed E-state index contributed by atoms with van der Waals surface area (Å²) in [6.07, 6.45) is 0.661. The number of halogens is 1. The smallest absolute Gasteiger partial charge is 0.237 e. The van der Waals surface area contributed by atoms with Crippen LogP contribution in [0.3, 0.4) is 0 Å². The van der Waals surface area contributed by atoms with Gasteiger partial charge in [0.05, 0.1) is 5.25 Å². The molecule has 0 bridgehead atoms. The van der Waals surface area contributed by atoms with Gasteiger partial charge in [-0.2, -0.15) is 0 Å². The summed E-state index contributed by atoms with van der Waals surface area (Å²) in [6.45, 7) is 1.97. The summed E-state index contributed by atoms with van der Waals surface area (Å²) in [4.78, 5) is 12.6. The van der Waals surface area contributed by atoms with E-state index in [4.69, 9.17) is 17.3 Å². The van der Waals surface area contributed by atoms with Crippen molar-refractivity contribution in [2.45, 2.75) is 23.8 Å². The van der Waals surface area contributed by atoms with E-state index < -0.39 is 0 Å². The molecule has 0 aliphatic carbocycles. The van der Waals surface area contributed by atoms with Gasteiger partial charge in [0.1, 0.15) is 0 Å². The molecule has 0 aliphatic heterocycles. The SMILES string of the molecule is CC[C@H](Sc1nnc(-c2ccc(N)cc2)n1C)C(=O)Nc1ccc(Cl)cc1. The standard InChI is InChI=1S/C19H20ClN5OS/c1-3-16(18(26)22-15-10-6-13(20)7-11-15)27-19-24-23-17(25(19)2)12-4-8-14(21)9-5-12/h4-11,16H,3,21H2,1-2H3,(H,22,26)/t16-/m0/s1. The molecule has 0 spiro atoms. The van der Waals surface area contributed by atoms with Gasteiger partial charge in [-0.15, -0.1) is 10.2 Å². The van der Waals surface area contributed by atoms with Crippen molar-refractivity contribution in [3.8, 4) is 11.4 Å². The number of aromatic nitrogens is 3. The van der Waals surface area contributed by atoms with E-state index in [1.807, 2.05) is 42.8 Å². The van der Waals surface area contributed by atoms with Crippen molar-refractivity contribution in [2.75, 3.05) is 11.1 Å². The number of carbonyl (C=O) groups is 1. The first kappa shape index (κ1) is 19.3. The monoisotopic (exact) mass is 401 g/mol. The Bertz CT molecular complexity index is 924. The summed E-state index contributed by atoms with van der Waals surface area (Å²) in [5.41, 5.74) is 8.07.